The Balaban J connectivity index is 2.67. The molecular formula is C11H11F2N3O2S. The number of sulfone groups is 1. The molecule has 5 nitrogen and oxygen atoms in total. The Morgan fingerprint density at radius 2 is 1.95 bits per heavy atom. The SMILES string of the molecule is Cc1cn(-c2ccccc2S(=O)(=O)C(F)F)nc1N. The number of benzene rings is 1. The van der Waals surface area contributed by atoms with Gasteiger partial charge in [-0.15, -0.1) is 0 Å². The molecule has 0 amide bonds. The largest absolute Gasteiger partial charge is 0.382 e. The smallest absolute Gasteiger partial charge is 0.341 e. The molecule has 0 spiro atoms. The van der Waals surface area contributed by atoms with Crippen LogP contribution in [0.4, 0.5) is 14.6 Å². The molecule has 0 saturated heterocycles. The third-order valence-corrected chi connectivity index (χ3v) is 4.02. The molecule has 0 aliphatic heterocycles. The third kappa shape index (κ3) is 2.30. The van der Waals surface area contributed by atoms with Crippen LogP contribution in [0.1, 0.15) is 5.56 Å². The zero-order valence-corrected chi connectivity index (χ0v) is 10.7. The summed E-state index contributed by atoms with van der Waals surface area (Å²) in [5.41, 5.74) is 6.24. The van der Waals surface area contributed by atoms with E-state index in [0.29, 0.717) is 5.56 Å². The Labute approximate surface area is 108 Å². The van der Waals surface area contributed by atoms with E-state index in [9.17, 15) is 17.2 Å². The first-order chi connectivity index (χ1) is 8.84. The Morgan fingerprint density at radius 3 is 2.47 bits per heavy atom. The molecule has 0 fully saturated rings. The topological polar surface area (TPSA) is 78.0 Å². The highest BCUT2D eigenvalue weighted by molar-refractivity contribution is 7.91. The van der Waals surface area contributed by atoms with E-state index in [1.54, 1.807) is 6.92 Å². The van der Waals surface area contributed by atoms with Crippen LogP contribution in [-0.4, -0.2) is 24.0 Å². The summed E-state index contributed by atoms with van der Waals surface area (Å²) in [5.74, 6) is -3.27. The maximum absolute atomic E-state index is 12.6. The van der Waals surface area contributed by atoms with Gasteiger partial charge in [-0.3, -0.25) is 0 Å². The molecule has 0 unspecified atom stereocenters. The number of nitrogens with two attached hydrogens (primary N) is 1. The molecule has 2 rings (SSSR count). The molecule has 102 valence electrons. The van der Waals surface area contributed by atoms with Crippen LogP contribution < -0.4 is 5.73 Å². The molecule has 2 aromatic rings. The number of hydrogen-bond donors (Lipinski definition) is 1. The number of nitrogen functional groups attached to an aromatic ring is 1. The van der Waals surface area contributed by atoms with Crippen molar-refractivity contribution < 1.29 is 17.2 Å². The van der Waals surface area contributed by atoms with Crippen molar-refractivity contribution in [2.24, 2.45) is 0 Å². The van der Waals surface area contributed by atoms with Crippen LogP contribution in [0.2, 0.25) is 0 Å². The Morgan fingerprint density at radius 1 is 1.32 bits per heavy atom. The van der Waals surface area contributed by atoms with Crippen molar-refractivity contribution in [3.8, 4) is 5.69 Å². The van der Waals surface area contributed by atoms with E-state index in [-0.39, 0.29) is 11.5 Å². The van der Waals surface area contributed by atoms with Crippen LogP contribution in [0.5, 0.6) is 0 Å². The van der Waals surface area contributed by atoms with E-state index in [0.717, 1.165) is 6.07 Å². The Hall–Kier alpha value is -1.96. The second-order valence-corrected chi connectivity index (χ2v) is 5.80. The summed E-state index contributed by atoms with van der Waals surface area (Å²) in [4.78, 5) is -0.479. The highest BCUT2D eigenvalue weighted by Crippen LogP contribution is 2.25. The number of alkyl halides is 2. The fraction of sp³-hybridized carbons (Fsp3) is 0.182. The van der Waals surface area contributed by atoms with Gasteiger partial charge in [-0.25, -0.2) is 13.1 Å². The quantitative estimate of drug-likeness (QED) is 0.933. The summed E-state index contributed by atoms with van der Waals surface area (Å²) >= 11 is 0. The molecule has 1 aromatic heterocycles. The minimum atomic E-state index is -4.69. The van der Waals surface area contributed by atoms with Gasteiger partial charge >= 0.3 is 5.76 Å². The van der Waals surface area contributed by atoms with Crippen LogP contribution >= 0.6 is 0 Å². The van der Waals surface area contributed by atoms with Crippen LogP contribution in [0.15, 0.2) is 35.4 Å². The van der Waals surface area contributed by atoms with E-state index in [1.807, 2.05) is 0 Å². The lowest BCUT2D eigenvalue weighted by atomic mass is 10.3. The number of anilines is 1. The summed E-state index contributed by atoms with van der Waals surface area (Å²) < 4.78 is 49.6. The van der Waals surface area contributed by atoms with Crippen molar-refractivity contribution in [3.63, 3.8) is 0 Å². The molecule has 0 bridgehead atoms. The molecule has 1 aromatic carbocycles. The van der Waals surface area contributed by atoms with Gasteiger partial charge in [0.15, 0.2) is 0 Å². The number of aryl methyl sites for hydroxylation is 1. The van der Waals surface area contributed by atoms with Crippen molar-refractivity contribution in [1.29, 1.82) is 0 Å². The first-order valence-electron chi connectivity index (χ1n) is 5.27. The van der Waals surface area contributed by atoms with Crippen molar-refractivity contribution in [2.75, 3.05) is 5.73 Å². The molecule has 8 heteroatoms. The van der Waals surface area contributed by atoms with Gasteiger partial charge < -0.3 is 5.73 Å². The minimum Gasteiger partial charge on any atom is -0.382 e. The fourth-order valence-corrected chi connectivity index (χ4v) is 2.49. The summed E-state index contributed by atoms with van der Waals surface area (Å²) in [6.45, 7) is 1.68. The average Bonchev–Trinajstić information content (AvgIpc) is 2.69. The Kier molecular flexibility index (Phi) is 3.27. The second-order valence-electron chi connectivity index (χ2n) is 3.92. The lowest BCUT2D eigenvalue weighted by Crippen LogP contribution is -2.14. The molecule has 0 radical (unpaired) electrons. The first kappa shape index (κ1) is 13.5. The van der Waals surface area contributed by atoms with Gasteiger partial charge in [0.25, 0.3) is 0 Å². The number of para-hydroxylation sites is 1. The van der Waals surface area contributed by atoms with Crippen LogP contribution in [0, 0.1) is 6.92 Å². The molecule has 0 aliphatic carbocycles. The zero-order chi connectivity index (χ0) is 14.2. The summed E-state index contributed by atoms with van der Waals surface area (Å²) in [6, 6.07) is 5.41. The summed E-state index contributed by atoms with van der Waals surface area (Å²) in [6.07, 6.45) is 1.48. The first-order valence-corrected chi connectivity index (χ1v) is 6.82. The second kappa shape index (κ2) is 4.61. The van der Waals surface area contributed by atoms with Crippen molar-refractivity contribution in [3.05, 3.63) is 36.0 Å². The highest BCUT2D eigenvalue weighted by atomic mass is 32.2. The molecule has 1 heterocycles. The van der Waals surface area contributed by atoms with Crippen LogP contribution in [0.3, 0.4) is 0 Å². The van der Waals surface area contributed by atoms with E-state index >= 15 is 0 Å². The molecular weight excluding hydrogens is 276 g/mol. The maximum Gasteiger partial charge on any atom is 0.341 e. The highest BCUT2D eigenvalue weighted by Gasteiger charge is 2.29. The molecule has 0 aliphatic rings. The number of nitrogens with zero attached hydrogens (tertiary/aromatic N) is 2. The summed E-state index contributed by atoms with van der Waals surface area (Å²) in [5, 5.41) is 3.90. The number of rotatable bonds is 3. The van der Waals surface area contributed by atoms with Gasteiger partial charge in [0, 0.05) is 11.8 Å². The number of halogens is 2. The lowest BCUT2D eigenvalue weighted by Gasteiger charge is -2.09. The van der Waals surface area contributed by atoms with Gasteiger partial charge in [0.1, 0.15) is 5.82 Å². The average molecular weight is 287 g/mol. The van der Waals surface area contributed by atoms with Gasteiger partial charge in [0.05, 0.1) is 10.6 Å². The minimum absolute atomic E-state index is 0.0441. The third-order valence-electron chi connectivity index (χ3n) is 2.59. The zero-order valence-electron chi connectivity index (χ0n) is 9.92. The van der Waals surface area contributed by atoms with Gasteiger partial charge in [-0.1, -0.05) is 12.1 Å². The van der Waals surface area contributed by atoms with Crippen molar-refractivity contribution in [2.45, 2.75) is 17.6 Å². The summed E-state index contributed by atoms with van der Waals surface area (Å²) in [7, 11) is -4.69. The van der Waals surface area contributed by atoms with Crippen LogP contribution in [0.25, 0.3) is 5.69 Å². The fourth-order valence-electron chi connectivity index (χ4n) is 1.58. The normalized spacial score (nSPS) is 12.0. The lowest BCUT2D eigenvalue weighted by molar-refractivity contribution is 0.234. The predicted molar refractivity (Wildman–Crippen MR) is 65.9 cm³/mol. The van der Waals surface area contributed by atoms with E-state index < -0.39 is 20.5 Å². The van der Waals surface area contributed by atoms with E-state index in [4.69, 9.17) is 5.73 Å². The van der Waals surface area contributed by atoms with Crippen LogP contribution in [-0.2, 0) is 9.84 Å². The molecule has 19 heavy (non-hydrogen) atoms. The molecule has 0 atom stereocenters. The van der Waals surface area contributed by atoms with Crippen molar-refractivity contribution in [1.82, 2.24) is 9.78 Å². The Bertz CT molecular complexity index is 691. The van der Waals surface area contributed by atoms with Gasteiger partial charge in [-0.2, -0.15) is 13.9 Å². The van der Waals surface area contributed by atoms with Crippen molar-refractivity contribution >= 4 is 15.7 Å². The van der Waals surface area contributed by atoms with Gasteiger partial charge in [-0.05, 0) is 19.1 Å². The molecule has 0 saturated carbocycles. The monoisotopic (exact) mass is 287 g/mol. The van der Waals surface area contributed by atoms with Gasteiger partial charge in [0.2, 0.25) is 9.84 Å². The predicted octanol–water partition coefficient (Wildman–Crippen LogP) is 1.76. The van der Waals surface area contributed by atoms with E-state index in [2.05, 4.69) is 5.10 Å². The molecule has 2 N–H and O–H groups in total. The standard InChI is InChI=1S/C11H11F2N3O2S/c1-7-6-16(15-10(7)14)8-4-2-3-5-9(8)19(17,18)11(12)13/h2-6,11H,1H3,(H2,14,15). The van der Waals surface area contributed by atoms with E-state index in [1.165, 1.54) is 29.1 Å². The maximum atomic E-state index is 12.6. The number of aromatic nitrogens is 2. The number of hydrogen-bond acceptors (Lipinski definition) is 4.